The summed E-state index contributed by atoms with van der Waals surface area (Å²) in [6.45, 7) is 7.73. The van der Waals surface area contributed by atoms with Gasteiger partial charge in [-0.15, -0.1) is 0 Å². The van der Waals surface area contributed by atoms with E-state index in [1.54, 1.807) is 0 Å². The Labute approximate surface area is 89.9 Å². The zero-order valence-corrected chi connectivity index (χ0v) is 10.5. The van der Waals surface area contributed by atoms with Crippen LogP contribution in [0.4, 0.5) is 0 Å². The van der Waals surface area contributed by atoms with Crippen LogP contribution in [0.5, 0.6) is 0 Å². The van der Waals surface area contributed by atoms with Gasteiger partial charge < -0.3 is 4.90 Å². The van der Waals surface area contributed by atoms with Gasteiger partial charge in [0.15, 0.2) is 0 Å². The molecule has 1 aliphatic heterocycles. The van der Waals surface area contributed by atoms with Crippen molar-refractivity contribution in [3.8, 4) is 0 Å². The molecule has 2 atom stereocenters. The summed E-state index contributed by atoms with van der Waals surface area (Å²) >= 11 is 0. The monoisotopic (exact) mass is 197 g/mol. The summed E-state index contributed by atoms with van der Waals surface area (Å²) in [5, 5.41) is 0. The lowest BCUT2D eigenvalue weighted by atomic mass is 9.73. The standard InChI is InChI=1S/C11H21N.C2H6/c1-3-11-7-4-6-10(11)12(2)9-5-8-11;1-2/h10H,3-9H2,1-2H3;1-2H3/t10-,11-;/m1./s1. The number of nitrogens with zero attached hydrogens (tertiary/aromatic N) is 1. The van der Waals surface area contributed by atoms with Crippen molar-refractivity contribution in [3.05, 3.63) is 0 Å². The Morgan fingerprint density at radius 2 is 1.86 bits per heavy atom. The Hall–Kier alpha value is -0.0400. The van der Waals surface area contributed by atoms with Crippen LogP contribution in [0.15, 0.2) is 0 Å². The molecule has 0 N–H and O–H groups in total. The van der Waals surface area contributed by atoms with Crippen molar-refractivity contribution in [3.63, 3.8) is 0 Å². The Kier molecular flexibility index (Phi) is 4.43. The topological polar surface area (TPSA) is 3.24 Å². The summed E-state index contributed by atoms with van der Waals surface area (Å²) in [7, 11) is 2.32. The average Bonchev–Trinajstić information content (AvgIpc) is 2.67. The largest absolute Gasteiger partial charge is 0.303 e. The molecule has 0 aromatic carbocycles. The van der Waals surface area contributed by atoms with E-state index in [1.165, 1.54) is 45.1 Å². The molecule has 1 heteroatoms. The number of fused-ring (bicyclic) bond motifs is 1. The Morgan fingerprint density at radius 1 is 1.21 bits per heavy atom. The molecule has 84 valence electrons. The van der Waals surface area contributed by atoms with E-state index in [4.69, 9.17) is 0 Å². The van der Waals surface area contributed by atoms with Gasteiger partial charge in [0.2, 0.25) is 0 Å². The van der Waals surface area contributed by atoms with E-state index in [1.807, 2.05) is 13.8 Å². The fraction of sp³-hybridized carbons (Fsp3) is 1.00. The number of likely N-dealkylation sites (tertiary alicyclic amines) is 1. The fourth-order valence-electron chi connectivity index (χ4n) is 3.53. The number of hydrogen-bond acceptors (Lipinski definition) is 1. The predicted octanol–water partition coefficient (Wildman–Crippen LogP) is 3.69. The van der Waals surface area contributed by atoms with E-state index in [0.717, 1.165) is 11.5 Å². The average molecular weight is 197 g/mol. The van der Waals surface area contributed by atoms with Crippen molar-refractivity contribution in [1.29, 1.82) is 0 Å². The highest BCUT2D eigenvalue weighted by Crippen LogP contribution is 2.49. The second kappa shape index (κ2) is 5.16. The third-order valence-corrected chi connectivity index (χ3v) is 4.28. The van der Waals surface area contributed by atoms with Crippen LogP contribution in [0, 0.1) is 5.41 Å². The third kappa shape index (κ3) is 1.98. The van der Waals surface area contributed by atoms with E-state index in [2.05, 4.69) is 18.9 Å². The normalized spacial score (nSPS) is 37.3. The molecular weight excluding hydrogens is 170 g/mol. The molecule has 1 aliphatic carbocycles. The molecule has 1 saturated carbocycles. The Morgan fingerprint density at radius 3 is 2.43 bits per heavy atom. The van der Waals surface area contributed by atoms with E-state index < -0.39 is 0 Å². The van der Waals surface area contributed by atoms with Crippen molar-refractivity contribution in [2.45, 2.75) is 65.3 Å². The lowest BCUT2D eigenvalue weighted by Gasteiger charge is -2.44. The fourth-order valence-corrected chi connectivity index (χ4v) is 3.53. The summed E-state index contributed by atoms with van der Waals surface area (Å²) in [6, 6.07) is 0.927. The van der Waals surface area contributed by atoms with Gasteiger partial charge >= 0.3 is 0 Å². The second-order valence-corrected chi connectivity index (χ2v) is 4.71. The number of piperidine rings is 1. The molecule has 1 saturated heterocycles. The van der Waals surface area contributed by atoms with Gasteiger partial charge in [-0.1, -0.05) is 27.2 Å². The molecule has 14 heavy (non-hydrogen) atoms. The molecule has 0 amide bonds. The van der Waals surface area contributed by atoms with Gasteiger partial charge in [0.25, 0.3) is 0 Å². The van der Waals surface area contributed by atoms with Crippen molar-refractivity contribution in [1.82, 2.24) is 4.90 Å². The summed E-state index contributed by atoms with van der Waals surface area (Å²) in [5.41, 5.74) is 0.729. The van der Waals surface area contributed by atoms with Crippen molar-refractivity contribution in [2.75, 3.05) is 13.6 Å². The summed E-state index contributed by atoms with van der Waals surface area (Å²) in [4.78, 5) is 2.61. The van der Waals surface area contributed by atoms with Gasteiger partial charge in [0.1, 0.15) is 0 Å². The van der Waals surface area contributed by atoms with Gasteiger partial charge in [-0.2, -0.15) is 0 Å². The molecule has 0 aromatic rings. The first kappa shape index (κ1) is 12.0. The van der Waals surface area contributed by atoms with Crippen molar-refractivity contribution in [2.24, 2.45) is 5.41 Å². The maximum atomic E-state index is 2.61. The van der Waals surface area contributed by atoms with E-state index in [-0.39, 0.29) is 0 Å². The second-order valence-electron chi connectivity index (χ2n) is 4.71. The van der Waals surface area contributed by atoms with Crippen molar-refractivity contribution < 1.29 is 0 Å². The summed E-state index contributed by atoms with van der Waals surface area (Å²) < 4.78 is 0. The predicted molar refractivity (Wildman–Crippen MR) is 63.6 cm³/mol. The van der Waals surface area contributed by atoms with E-state index in [0.29, 0.717) is 0 Å². The van der Waals surface area contributed by atoms with Crippen LogP contribution in [-0.4, -0.2) is 24.5 Å². The quantitative estimate of drug-likeness (QED) is 0.620. The van der Waals surface area contributed by atoms with Gasteiger partial charge in [-0.3, -0.25) is 0 Å². The minimum absolute atomic E-state index is 0.729. The van der Waals surface area contributed by atoms with Crippen molar-refractivity contribution >= 4 is 0 Å². The molecule has 1 heterocycles. The molecule has 0 radical (unpaired) electrons. The zero-order valence-electron chi connectivity index (χ0n) is 10.5. The Balaban J connectivity index is 0.000000461. The molecule has 1 nitrogen and oxygen atoms in total. The third-order valence-electron chi connectivity index (χ3n) is 4.28. The van der Waals surface area contributed by atoms with Crippen LogP contribution < -0.4 is 0 Å². The molecule has 0 spiro atoms. The van der Waals surface area contributed by atoms with E-state index >= 15 is 0 Å². The lowest BCUT2D eigenvalue weighted by molar-refractivity contribution is 0.0527. The van der Waals surface area contributed by atoms with Crippen LogP contribution in [0.2, 0.25) is 0 Å². The molecular formula is C13H27N. The molecule has 0 unspecified atom stereocenters. The highest BCUT2D eigenvalue weighted by molar-refractivity contribution is 4.98. The molecule has 2 aliphatic rings. The van der Waals surface area contributed by atoms with Gasteiger partial charge in [-0.05, 0) is 51.1 Å². The number of hydrogen-bond donors (Lipinski definition) is 0. The maximum absolute atomic E-state index is 2.61. The minimum Gasteiger partial charge on any atom is -0.303 e. The first-order valence-corrected chi connectivity index (χ1v) is 6.49. The van der Waals surface area contributed by atoms with Gasteiger partial charge in [0.05, 0.1) is 0 Å². The molecule has 0 aromatic heterocycles. The summed E-state index contributed by atoms with van der Waals surface area (Å²) in [6.07, 6.45) is 8.77. The van der Waals surface area contributed by atoms with Gasteiger partial charge in [0, 0.05) is 6.04 Å². The lowest BCUT2D eigenvalue weighted by Crippen LogP contribution is -2.46. The minimum atomic E-state index is 0.729. The van der Waals surface area contributed by atoms with Crippen LogP contribution in [-0.2, 0) is 0 Å². The zero-order chi connectivity index (χ0) is 10.6. The van der Waals surface area contributed by atoms with Crippen LogP contribution in [0.1, 0.15) is 59.3 Å². The first-order valence-electron chi connectivity index (χ1n) is 6.49. The molecule has 0 bridgehead atoms. The summed E-state index contributed by atoms with van der Waals surface area (Å²) in [5.74, 6) is 0. The highest BCUT2D eigenvalue weighted by atomic mass is 15.2. The smallest absolute Gasteiger partial charge is 0.0148 e. The maximum Gasteiger partial charge on any atom is 0.0148 e. The number of rotatable bonds is 1. The Bertz CT molecular complexity index is 167. The van der Waals surface area contributed by atoms with Gasteiger partial charge in [-0.25, -0.2) is 0 Å². The van der Waals surface area contributed by atoms with Crippen LogP contribution in [0.25, 0.3) is 0 Å². The SMILES string of the molecule is CC.CC[C@]12CCC[C@H]1N(C)CCC2. The van der Waals surface area contributed by atoms with Crippen LogP contribution >= 0.6 is 0 Å². The van der Waals surface area contributed by atoms with E-state index in [9.17, 15) is 0 Å². The molecule has 2 fully saturated rings. The first-order chi connectivity index (χ1) is 6.78. The molecule has 2 rings (SSSR count). The van der Waals surface area contributed by atoms with Crippen LogP contribution in [0.3, 0.4) is 0 Å². The highest BCUT2D eigenvalue weighted by Gasteiger charge is 2.44.